The van der Waals surface area contributed by atoms with Crippen LogP contribution in [0.15, 0.2) is 22.6 Å². The van der Waals surface area contributed by atoms with Crippen LogP contribution < -0.4 is 0 Å². The molecule has 4 aliphatic carbocycles. The topological polar surface area (TPSA) is 89.9 Å². The third kappa shape index (κ3) is 2.90. The lowest BCUT2D eigenvalue weighted by Crippen LogP contribution is -2.66. The van der Waals surface area contributed by atoms with Gasteiger partial charge in [-0.15, -0.1) is 0 Å². The molecule has 3 fully saturated rings. The standard InChI is InChI=1S/C23H33FO6S/c1-6-31(27,28)18-11-21(3)14(9-17(18)25)7-8-15-16-10-22(29-4,30-5)13-20(16,2)12-19(26)23(15,21)24/h9,11,15-16,19,26H,6-8,10,12-13H2,1-5H3/t15-,16-,19-,20+,21-,23?/m0/s1. The molecule has 0 aromatic heterocycles. The second kappa shape index (κ2) is 6.95. The second-order valence-corrected chi connectivity index (χ2v) is 12.5. The summed E-state index contributed by atoms with van der Waals surface area (Å²) in [6.07, 6.45) is 3.56. The molecule has 6 atom stereocenters. The van der Waals surface area contributed by atoms with Crippen molar-refractivity contribution in [3.05, 3.63) is 22.6 Å². The smallest absolute Gasteiger partial charge is 0.196 e. The lowest BCUT2D eigenvalue weighted by molar-refractivity contribution is -0.206. The first-order valence-corrected chi connectivity index (χ1v) is 12.7. The van der Waals surface area contributed by atoms with Crippen molar-refractivity contribution in [2.24, 2.45) is 22.7 Å². The van der Waals surface area contributed by atoms with Gasteiger partial charge in [-0.1, -0.05) is 19.4 Å². The number of ether oxygens (including phenoxy) is 2. The Morgan fingerprint density at radius 1 is 1.19 bits per heavy atom. The summed E-state index contributed by atoms with van der Waals surface area (Å²) in [5.41, 5.74) is -3.26. The Bertz CT molecular complexity index is 967. The first-order valence-electron chi connectivity index (χ1n) is 11.0. The fourth-order valence-corrected chi connectivity index (χ4v) is 8.21. The van der Waals surface area contributed by atoms with Gasteiger partial charge in [0.25, 0.3) is 0 Å². The van der Waals surface area contributed by atoms with Crippen LogP contribution >= 0.6 is 0 Å². The quantitative estimate of drug-likeness (QED) is 0.654. The van der Waals surface area contributed by atoms with Crippen LogP contribution in [0.4, 0.5) is 4.39 Å². The number of hydrogen-bond donors (Lipinski definition) is 1. The lowest BCUT2D eigenvalue weighted by atomic mass is 9.46. The molecule has 0 saturated heterocycles. The Labute approximate surface area is 183 Å². The Morgan fingerprint density at radius 2 is 1.84 bits per heavy atom. The molecule has 8 heteroatoms. The normalized spacial score (nSPS) is 44.1. The van der Waals surface area contributed by atoms with Crippen molar-refractivity contribution in [2.75, 3.05) is 20.0 Å². The highest BCUT2D eigenvalue weighted by atomic mass is 32.2. The van der Waals surface area contributed by atoms with Crippen molar-refractivity contribution < 1.29 is 32.2 Å². The van der Waals surface area contributed by atoms with E-state index in [0.29, 0.717) is 31.3 Å². The van der Waals surface area contributed by atoms with Crippen LogP contribution in [0.5, 0.6) is 0 Å². The molecule has 4 aliphatic rings. The van der Waals surface area contributed by atoms with Crippen molar-refractivity contribution in [3.63, 3.8) is 0 Å². The SMILES string of the molecule is CCS(=O)(=O)C1=C[C@@]2(C)C(=CC1=O)CC[C@H]1[C@@H]3CC(OC)(OC)C[C@@]3(C)C[C@H](O)C12F. The zero-order chi connectivity index (χ0) is 23.0. The number of carbonyl (C=O) groups is 1. The molecule has 0 bridgehead atoms. The molecule has 31 heavy (non-hydrogen) atoms. The van der Waals surface area contributed by atoms with Crippen LogP contribution in [0.1, 0.15) is 52.9 Å². The average Bonchev–Trinajstić information content (AvgIpc) is 3.02. The largest absolute Gasteiger partial charge is 0.390 e. The molecule has 4 rings (SSSR count). The summed E-state index contributed by atoms with van der Waals surface area (Å²) < 4.78 is 53.8. The number of rotatable bonds is 4. The van der Waals surface area contributed by atoms with Gasteiger partial charge in [0.15, 0.2) is 27.1 Å². The van der Waals surface area contributed by atoms with E-state index in [9.17, 15) is 18.3 Å². The number of sulfone groups is 1. The molecule has 0 aliphatic heterocycles. The Hall–Kier alpha value is -1.09. The molecule has 3 saturated carbocycles. The minimum atomic E-state index is -3.82. The number of allylic oxidation sites excluding steroid dienone is 4. The first-order chi connectivity index (χ1) is 14.3. The van der Waals surface area contributed by atoms with E-state index < -0.39 is 44.5 Å². The third-order valence-corrected chi connectivity index (χ3v) is 10.6. The van der Waals surface area contributed by atoms with Crippen molar-refractivity contribution >= 4 is 15.6 Å². The highest BCUT2D eigenvalue weighted by molar-refractivity contribution is 7.96. The molecule has 0 aromatic carbocycles. The van der Waals surface area contributed by atoms with Gasteiger partial charge in [-0.2, -0.15) is 0 Å². The van der Waals surface area contributed by atoms with Crippen molar-refractivity contribution in [1.29, 1.82) is 0 Å². The van der Waals surface area contributed by atoms with Crippen molar-refractivity contribution in [3.8, 4) is 0 Å². The van der Waals surface area contributed by atoms with E-state index in [2.05, 4.69) is 6.92 Å². The molecule has 0 amide bonds. The number of carbonyl (C=O) groups excluding carboxylic acids is 1. The lowest BCUT2D eigenvalue weighted by Gasteiger charge is -2.61. The highest BCUT2D eigenvalue weighted by Gasteiger charge is 2.72. The van der Waals surface area contributed by atoms with E-state index >= 15 is 4.39 Å². The minimum Gasteiger partial charge on any atom is -0.390 e. The van der Waals surface area contributed by atoms with Crippen LogP contribution in [0.2, 0.25) is 0 Å². The Kier molecular flexibility index (Phi) is 5.18. The van der Waals surface area contributed by atoms with Gasteiger partial charge in [0.2, 0.25) is 0 Å². The number of methoxy groups -OCH3 is 2. The molecule has 1 unspecified atom stereocenters. The number of hydrogen-bond acceptors (Lipinski definition) is 6. The van der Waals surface area contributed by atoms with Crippen LogP contribution in [0, 0.1) is 22.7 Å². The van der Waals surface area contributed by atoms with Gasteiger partial charge in [-0.05, 0) is 49.7 Å². The summed E-state index contributed by atoms with van der Waals surface area (Å²) in [4.78, 5) is 12.2. The summed E-state index contributed by atoms with van der Waals surface area (Å²) in [6, 6.07) is 0. The summed E-state index contributed by atoms with van der Waals surface area (Å²) >= 11 is 0. The summed E-state index contributed by atoms with van der Waals surface area (Å²) in [5.74, 6) is -2.26. The van der Waals surface area contributed by atoms with E-state index in [1.54, 1.807) is 21.1 Å². The van der Waals surface area contributed by atoms with E-state index in [0.717, 1.165) is 0 Å². The van der Waals surface area contributed by atoms with E-state index in [1.165, 1.54) is 19.1 Å². The Balaban J connectivity index is 1.85. The van der Waals surface area contributed by atoms with Gasteiger partial charge < -0.3 is 14.6 Å². The van der Waals surface area contributed by atoms with Crippen LogP contribution in [-0.4, -0.2) is 56.8 Å². The van der Waals surface area contributed by atoms with E-state index in [1.807, 2.05) is 0 Å². The molecule has 174 valence electrons. The third-order valence-electron chi connectivity index (χ3n) is 8.88. The van der Waals surface area contributed by atoms with Gasteiger partial charge in [-0.3, -0.25) is 4.79 Å². The van der Waals surface area contributed by atoms with Crippen molar-refractivity contribution in [1.82, 2.24) is 0 Å². The molecular formula is C23H33FO6S. The minimum absolute atomic E-state index is 0.101. The van der Waals surface area contributed by atoms with Gasteiger partial charge in [0.1, 0.15) is 4.91 Å². The maximum Gasteiger partial charge on any atom is 0.196 e. The molecule has 6 nitrogen and oxygen atoms in total. The predicted molar refractivity (Wildman–Crippen MR) is 114 cm³/mol. The van der Waals surface area contributed by atoms with Crippen LogP contribution in [0.25, 0.3) is 0 Å². The molecule has 0 spiro atoms. The monoisotopic (exact) mass is 456 g/mol. The summed E-state index contributed by atoms with van der Waals surface area (Å²) in [7, 11) is -0.645. The molecule has 0 aromatic rings. The van der Waals surface area contributed by atoms with E-state index in [-0.39, 0.29) is 28.4 Å². The van der Waals surface area contributed by atoms with Gasteiger partial charge in [-0.25, -0.2) is 12.8 Å². The number of halogens is 1. The summed E-state index contributed by atoms with van der Waals surface area (Å²) in [5, 5.41) is 11.3. The number of fused-ring (bicyclic) bond motifs is 5. The zero-order valence-electron chi connectivity index (χ0n) is 18.9. The van der Waals surface area contributed by atoms with Crippen LogP contribution in [0.3, 0.4) is 0 Å². The number of aliphatic hydroxyl groups is 1. The van der Waals surface area contributed by atoms with Gasteiger partial charge >= 0.3 is 0 Å². The molecular weight excluding hydrogens is 423 g/mol. The number of ketones is 1. The highest BCUT2D eigenvalue weighted by Crippen LogP contribution is 2.69. The maximum absolute atomic E-state index is 17.3. The molecule has 0 radical (unpaired) electrons. The Morgan fingerprint density at radius 3 is 2.42 bits per heavy atom. The van der Waals surface area contributed by atoms with E-state index in [4.69, 9.17) is 9.47 Å². The first kappa shape index (κ1) is 23.1. The van der Waals surface area contributed by atoms with Gasteiger partial charge in [0, 0.05) is 38.4 Å². The number of alkyl halides is 1. The molecule has 0 heterocycles. The molecule has 1 N–H and O–H groups in total. The maximum atomic E-state index is 17.3. The average molecular weight is 457 g/mol. The van der Waals surface area contributed by atoms with Crippen molar-refractivity contribution in [2.45, 2.75) is 70.4 Å². The zero-order valence-corrected chi connectivity index (χ0v) is 19.7. The van der Waals surface area contributed by atoms with Gasteiger partial charge in [0.05, 0.1) is 11.9 Å². The summed E-state index contributed by atoms with van der Waals surface area (Å²) in [6.45, 7) is 5.17. The predicted octanol–water partition coefficient (Wildman–Crippen LogP) is 3.11. The second-order valence-electron chi connectivity index (χ2n) is 10.2. The fourth-order valence-electron chi connectivity index (χ4n) is 7.12. The number of aliphatic hydroxyl groups excluding tert-OH is 1. The van der Waals surface area contributed by atoms with Crippen LogP contribution in [-0.2, 0) is 24.1 Å². The fraction of sp³-hybridized carbons (Fsp3) is 0.783.